The van der Waals surface area contributed by atoms with Crippen LogP contribution in [0.3, 0.4) is 0 Å². The molecule has 0 radical (unpaired) electrons. The van der Waals surface area contributed by atoms with Crippen molar-refractivity contribution in [3.05, 3.63) is 44.7 Å². The van der Waals surface area contributed by atoms with Gasteiger partial charge in [0.25, 0.3) is 5.56 Å². The number of rotatable bonds is 6. The number of hydrogen-bond acceptors (Lipinski definition) is 5. The van der Waals surface area contributed by atoms with Gasteiger partial charge < -0.3 is 10.0 Å². The highest BCUT2D eigenvalue weighted by molar-refractivity contribution is 7.99. The molecular formula is C16H17Cl2N3O3S. The molecule has 0 saturated carbocycles. The number of aromatic nitrogens is 2. The van der Waals surface area contributed by atoms with Gasteiger partial charge in [-0.2, -0.15) is 4.98 Å². The Labute approximate surface area is 159 Å². The van der Waals surface area contributed by atoms with Crippen molar-refractivity contribution in [2.45, 2.75) is 19.0 Å². The lowest BCUT2D eigenvalue weighted by atomic mass is 10.3. The second-order valence-corrected chi connectivity index (χ2v) is 6.78. The molecule has 0 saturated heterocycles. The summed E-state index contributed by atoms with van der Waals surface area (Å²) in [4.78, 5) is 30.2. The summed E-state index contributed by atoms with van der Waals surface area (Å²) in [7, 11) is 0. The van der Waals surface area contributed by atoms with Crippen molar-refractivity contribution in [2.75, 3.05) is 18.8 Å². The maximum atomic E-state index is 12.3. The molecule has 1 aromatic carbocycles. The van der Waals surface area contributed by atoms with Crippen LogP contribution in [-0.2, 0) is 4.79 Å². The Morgan fingerprint density at radius 3 is 2.52 bits per heavy atom. The molecule has 0 fully saturated rings. The highest BCUT2D eigenvalue weighted by atomic mass is 35.5. The highest BCUT2D eigenvalue weighted by Gasteiger charge is 2.16. The first-order valence-electron chi connectivity index (χ1n) is 7.56. The van der Waals surface area contributed by atoms with Gasteiger partial charge in [-0.25, -0.2) is 0 Å². The maximum absolute atomic E-state index is 12.3. The number of benzene rings is 1. The molecule has 0 spiro atoms. The summed E-state index contributed by atoms with van der Waals surface area (Å²) >= 11 is 13.0. The Morgan fingerprint density at radius 1 is 1.24 bits per heavy atom. The molecule has 2 aromatic rings. The lowest BCUT2D eigenvalue weighted by molar-refractivity contribution is -0.127. The summed E-state index contributed by atoms with van der Waals surface area (Å²) in [5.41, 5.74) is -0.0339. The molecule has 1 amide bonds. The second kappa shape index (κ2) is 8.60. The Morgan fingerprint density at radius 2 is 1.92 bits per heavy atom. The van der Waals surface area contributed by atoms with Crippen LogP contribution in [0.1, 0.15) is 13.8 Å². The summed E-state index contributed by atoms with van der Waals surface area (Å²) in [6.45, 7) is 4.99. The number of nitrogens with zero attached hydrogens (tertiary/aromatic N) is 3. The third-order valence-electron chi connectivity index (χ3n) is 3.48. The number of halogens is 2. The fourth-order valence-corrected chi connectivity index (χ4v) is 3.41. The van der Waals surface area contributed by atoms with Crippen LogP contribution in [0.5, 0.6) is 5.88 Å². The van der Waals surface area contributed by atoms with E-state index in [9.17, 15) is 14.7 Å². The molecule has 0 aliphatic heterocycles. The van der Waals surface area contributed by atoms with Crippen LogP contribution in [0.15, 0.2) is 34.2 Å². The van der Waals surface area contributed by atoms with Gasteiger partial charge in [0.05, 0.1) is 27.6 Å². The monoisotopic (exact) mass is 401 g/mol. The molecule has 2 rings (SSSR count). The molecule has 9 heteroatoms. The van der Waals surface area contributed by atoms with Crippen LogP contribution < -0.4 is 5.56 Å². The number of carbonyl (C=O) groups excluding carboxylic acids is 1. The van der Waals surface area contributed by atoms with Crippen molar-refractivity contribution in [3.63, 3.8) is 0 Å². The number of thioether (sulfide) groups is 1. The van der Waals surface area contributed by atoms with E-state index in [1.807, 2.05) is 13.8 Å². The number of carbonyl (C=O) groups is 1. The third kappa shape index (κ3) is 4.68. The predicted molar refractivity (Wildman–Crippen MR) is 100 cm³/mol. The minimum absolute atomic E-state index is 0.0757. The van der Waals surface area contributed by atoms with Crippen LogP contribution in [0, 0.1) is 0 Å². The smallest absolute Gasteiger partial charge is 0.262 e. The second-order valence-electron chi connectivity index (χ2n) is 5.02. The molecular weight excluding hydrogens is 385 g/mol. The molecule has 0 unspecified atom stereocenters. The van der Waals surface area contributed by atoms with Crippen LogP contribution in [0.4, 0.5) is 0 Å². The zero-order chi connectivity index (χ0) is 18.6. The van der Waals surface area contributed by atoms with Gasteiger partial charge >= 0.3 is 0 Å². The van der Waals surface area contributed by atoms with Gasteiger partial charge in [-0.15, -0.1) is 0 Å². The molecule has 0 aliphatic carbocycles. The largest absolute Gasteiger partial charge is 0.493 e. The van der Waals surface area contributed by atoms with Gasteiger partial charge in [-0.05, 0) is 32.0 Å². The Bertz CT molecular complexity index is 838. The zero-order valence-corrected chi connectivity index (χ0v) is 16.0. The van der Waals surface area contributed by atoms with Gasteiger partial charge in [-0.3, -0.25) is 14.2 Å². The van der Waals surface area contributed by atoms with E-state index in [4.69, 9.17) is 23.2 Å². The van der Waals surface area contributed by atoms with Crippen LogP contribution in [-0.4, -0.2) is 44.3 Å². The minimum atomic E-state index is -0.483. The highest BCUT2D eigenvalue weighted by Crippen LogP contribution is 2.26. The summed E-state index contributed by atoms with van der Waals surface area (Å²) in [6, 6.07) is 5.71. The fourth-order valence-electron chi connectivity index (χ4n) is 2.20. The molecule has 6 nitrogen and oxygen atoms in total. The normalized spacial score (nSPS) is 10.7. The third-order valence-corrected chi connectivity index (χ3v) is 5.14. The first kappa shape index (κ1) is 19.6. The van der Waals surface area contributed by atoms with E-state index in [2.05, 4.69) is 4.98 Å². The first-order valence-corrected chi connectivity index (χ1v) is 9.30. The lowest BCUT2D eigenvalue weighted by Crippen LogP contribution is -2.32. The van der Waals surface area contributed by atoms with Crippen LogP contribution >= 0.6 is 35.0 Å². The molecule has 0 atom stereocenters. The van der Waals surface area contributed by atoms with Gasteiger partial charge in [0.2, 0.25) is 11.8 Å². The van der Waals surface area contributed by atoms with Crippen molar-refractivity contribution >= 4 is 40.9 Å². The van der Waals surface area contributed by atoms with E-state index in [0.29, 0.717) is 23.8 Å². The van der Waals surface area contributed by atoms with Crippen LogP contribution in [0.2, 0.25) is 10.0 Å². The van der Waals surface area contributed by atoms with E-state index in [0.717, 1.165) is 17.8 Å². The Hall–Kier alpha value is -1.70. The average Bonchev–Trinajstić information content (AvgIpc) is 2.56. The van der Waals surface area contributed by atoms with Crippen molar-refractivity contribution in [3.8, 4) is 11.6 Å². The maximum Gasteiger partial charge on any atom is 0.262 e. The minimum Gasteiger partial charge on any atom is -0.493 e. The van der Waals surface area contributed by atoms with Gasteiger partial charge in [0.15, 0.2) is 5.16 Å². The van der Waals surface area contributed by atoms with E-state index in [1.54, 1.807) is 17.0 Å². The van der Waals surface area contributed by atoms with Crippen LogP contribution in [0.25, 0.3) is 5.69 Å². The van der Waals surface area contributed by atoms with E-state index in [-0.39, 0.29) is 21.8 Å². The summed E-state index contributed by atoms with van der Waals surface area (Å²) in [6.07, 6.45) is 0. The Balaban J connectivity index is 2.39. The first-order chi connectivity index (χ1) is 11.9. The summed E-state index contributed by atoms with van der Waals surface area (Å²) in [5.74, 6) is -0.383. The topological polar surface area (TPSA) is 75.4 Å². The zero-order valence-electron chi connectivity index (χ0n) is 13.7. The molecule has 1 heterocycles. The standard InChI is InChI=1S/C16H17Cl2N3O3S/c1-3-20(4-2)15(24)9-25-16-19-13(22)8-14(23)21(16)10-5-6-11(17)12(18)7-10/h5-8,22H,3-4,9H2,1-2H3. The molecule has 134 valence electrons. The number of aromatic hydroxyl groups is 1. The summed E-state index contributed by atoms with van der Waals surface area (Å²) < 4.78 is 1.28. The molecule has 0 aliphatic rings. The van der Waals surface area contributed by atoms with Gasteiger partial charge in [0, 0.05) is 13.1 Å². The van der Waals surface area contributed by atoms with E-state index >= 15 is 0 Å². The fraction of sp³-hybridized carbons (Fsp3) is 0.312. The van der Waals surface area contributed by atoms with E-state index in [1.165, 1.54) is 10.6 Å². The van der Waals surface area contributed by atoms with Gasteiger partial charge in [-0.1, -0.05) is 35.0 Å². The number of amides is 1. The van der Waals surface area contributed by atoms with Crippen molar-refractivity contribution in [1.82, 2.24) is 14.5 Å². The van der Waals surface area contributed by atoms with Crippen molar-refractivity contribution in [2.24, 2.45) is 0 Å². The number of hydrogen-bond donors (Lipinski definition) is 1. The van der Waals surface area contributed by atoms with Crippen molar-refractivity contribution < 1.29 is 9.90 Å². The van der Waals surface area contributed by atoms with E-state index < -0.39 is 11.4 Å². The summed E-state index contributed by atoms with van der Waals surface area (Å²) in [5, 5.41) is 10.5. The van der Waals surface area contributed by atoms with Gasteiger partial charge in [0.1, 0.15) is 0 Å². The lowest BCUT2D eigenvalue weighted by Gasteiger charge is -2.18. The molecule has 25 heavy (non-hydrogen) atoms. The molecule has 0 bridgehead atoms. The quantitative estimate of drug-likeness (QED) is 0.593. The molecule has 1 aromatic heterocycles. The van der Waals surface area contributed by atoms with Crippen molar-refractivity contribution in [1.29, 1.82) is 0 Å². The SMILES string of the molecule is CCN(CC)C(=O)CSc1nc(O)cc(=O)n1-c1ccc(Cl)c(Cl)c1. The predicted octanol–water partition coefficient (Wildman–Crippen LogP) is 3.21. The Kier molecular flexibility index (Phi) is 6.75. The molecule has 1 N–H and O–H groups in total. The average molecular weight is 402 g/mol.